The monoisotopic (exact) mass is 323 g/mol. The molecule has 0 radical (unpaired) electrons. The Kier molecular flexibility index (Phi) is 3.35. The van der Waals surface area contributed by atoms with E-state index in [0.29, 0.717) is 10.7 Å². The number of hydrogen-bond donors (Lipinski definition) is 0. The van der Waals surface area contributed by atoms with Gasteiger partial charge in [-0.3, -0.25) is 14.7 Å². The molecule has 0 spiro atoms. The van der Waals surface area contributed by atoms with Crippen LogP contribution in [0, 0.1) is 10.1 Å². The molecule has 3 aromatic heterocycles. The molecule has 0 amide bonds. The maximum Gasteiger partial charge on any atom is 0.348 e. The summed E-state index contributed by atoms with van der Waals surface area (Å²) in [5.41, 5.74) is -0.899. The van der Waals surface area contributed by atoms with Crippen LogP contribution in [0.1, 0.15) is 5.82 Å². The van der Waals surface area contributed by atoms with Gasteiger partial charge in [0.1, 0.15) is 16.2 Å². The average molecular weight is 324 g/mol. The lowest BCUT2D eigenvalue weighted by molar-refractivity contribution is -0.385. The van der Waals surface area contributed by atoms with Crippen molar-refractivity contribution in [2.75, 3.05) is 0 Å². The minimum absolute atomic E-state index is 0.0406. The lowest BCUT2D eigenvalue weighted by Crippen LogP contribution is -2.23. The molecule has 0 saturated heterocycles. The zero-order valence-electron chi connectivity index (χ0n) is 10.3. The molecule has 3 rings (SSSR count). The molecule has 0 atom stereocenters. The molecule has 3 aromatic rings. The van der Waals surface area contributed by atoms with E-state index in [0.717, 1.165) is 22.3 Å². The van der Waals surface area contributed by atoms with Crippen molar-refractivity contribution in [3.63, 3.8) is 0 Å². The predicted molar refractivity (Wildman–Crippen MR) is 76.7 cm³/mol. The second-order valence-corrected chi connectivity index (χ2v) is 5.30. The Morgan fingerprint density at radius 3 is 3.00 bits per heavy atom. The number of nitro groups is 1. The Bertz CT molecular complexity index is 906. The van der Waals surface area contributed by atoms with E-state index >= 15 is 0 Å². The van der Waals surface area contributed by atoms with Crippen LogP contribution < -0.4 is 5.69 Å². The number of halogens is 1. The Balaban J connectivity index is 2.03. The van der Waals surface area contributed by atoms with Crippen LogP contribution in [0.4, 0.5) is 5.69 Å². The molecule has 106 valence electrons. The van der Waals surface area contributed by atoms with Gasteiger partial charge in [0.2, 0.25) is 0 Å². The number of nitrogens with zero attached hydrogens (tertiary/aromatic N) is 5. The van der Waals surface area contributed by atoms with Crippen LogP contribution >= 0.6 is 22.9 Å². The Morgan fingerprint density at radius 1 is 1.43 bits per heavy atom. The van der Waals surface area contributed by atoms with Crippen molar-refractivity contribution < 1.29 is 4.92 Å². The number of rotatable bonds is 3. The first kappa shape index (κ1) is 13.6. The second kappa shape index (κ2) is 5.19. The first-order valence-electron chi connectivity index (χ1n) is 5.65. The standard InChI is InChI=1S/C11H6ClN5O3S/c12-9-7-1-2-21-10(7)15-8(14-9)5-16-4-6(17(19)20)3-13-11(16)18/h1-4H,5H2. The van der Waals surface area contributed by atoms with Crippen molar-refractivity contribution >= 4 is 38.8 Å². The fourth-order valence-corrected chi connectivity index (χ4v) is 2.82. The summed E-state index contributed by atoms with van der Waals surface area (Å²) in [6.07, 6.45) is 2.01. The predicted octanol–water partition coefficient (Wildman–Crippen LogP) is 1.86. The number of fused-ring (bicyclic) bond motifs is 1. The van der Waals surface area contributed by atoms with E-state index < -0.39 is 10.6 Å². The third kappa shape index (κ3) is 2.60. The number of thiophene rings is 1. The fraction of sp³-hybridized carbons (Fsp3) is 0.0909. The molecule has 10 heteroatoms. The zero-order chi connectivity index (χ0) is 15.0. The Labute approximate surface area is 125 Å². The first-order chi connectivity index (χ1) is 10.0. The maximum absolute atomic E-state index is 11.6. The largest absolute Gasteiger partial charge is 0.348 e. The molecule has 0 bridgehead atoms. The van der Waals surface area contributed by atoms with E-state index in [9.17, 15) is 14.9 Å². The highest BCUT2D eigenvalue weighted by atomic mass is 35.5. The van der Waals surface area contributed by atoms with Gasteiger partial charge in [-0.15, -0.1) is 11.3 Å². The van der Waals surface area contributed by atoms with Crippen molar-refractivity contribution in [1.29, 1.82) is 0 Å². The van der Waals surface area contributed by atoms with Crippen molar-refractivity contribution in [1.82, 2.24) is 19.5 Å². The van der Waals surface area contributed by atoms with Gasteiger partial charge in [0.25, 0.3) is 0 Å². The summed E-state index contributed by atoms with van der Waals surface area (Å²) >= 11 is 7.43. The molecule has 0 N–H and O–H groups in total. The summed E-state index contributed by atoms with van der Waals surface area (Å²) in [6.45, 7) is -0.0406. The van der Waals surface area contributed by atoms with Gasteiger partial charge in [-0.05, 0) is 11.4 Å². The quantitative estimate of drug-likeness (QED) is 0.414. The van der Waals surface area contributed by atoms with Crippen LogP contribution in [0.5, 0.6) is 0 Å². The topological polar surface area (TPSA) is 104 Å². The second-order valence-electron chi connectivity index (χ2n) is 4.05. The third-order valence-corrected chi connectivity index (χ3v) is 3.78. The Hall–Kier alpha value is -2.39. The van der Waals surface area contributed by atoms with E-state index in [1.54, 1.807) is 6.07 Å². The Morgan fingerprint density at radius 2 is 2.24 bits per heavy atom. The molecule has 0 aliphatic rings. The van der Waals surface area contributed by atoms with Gasteiger partial charge in [0.05, 0.1) is 17.7 Å². The molecule has 0 aliphatic carbocycles. The molecule has 0 saturated carbocycles. The van der Waals surface area contributed by atoms with Crippen LogP contribution in [0.25, 0.3) is 10.2 Å². The molecule has 8 nitrogen and oxygen atoms in total. The average Bonchev–Trinajstić information content (AvgIpc) is 2.90. The molecule has 21 heavy (non-hydrogen) atoms. The van der Waals surface area contributed by atoms with Crippen LogP contribution in [0.2, 0.25) is 5.15 Å². The zero-order valence-corrected chi connectivity index (χ0v) is 11.8. The molecular formula is C11H6ClN5O3S. The number of hydrogen-bond acceptors (Lipinski definition) is 7. The van der Waals surface area contributed by atoms with Gasteiger partial charge >= 0.3 is 11.4 Å². The lowest BCUT2D eigenvalue weighted by atomic mass is 10.4. The van der Waals surface area contributed by atoms with Crippen LogP contribution in [-0.4, -0.2) is 24.4 Å². The summed E-state index contributed by atoms with van der Waals surface area (Å²) in [6, 6.07) is 1.80. The van der Waals surface area contributed by atoms with Gasteiger partial charge in [0, 0.05) is 5.39 Å². The highest BCUT2D eigenvalue weighted by molar-refractivity contribution is 7.16. The highest BCUT2D eigenvalue weighted by Crippen LogP contribution is 2.24. The van der Waals surface area contributed by atoms with Crippen molar-refractivity contribution in [2.45, 2.75) is 6.54 Å². The fourth-order valence-electron chi connectivity index (χ4n) is 1.73. The van der Waals surface area contributed by atoms with Crippen molar-refractivity contribution in [3.05, 3.63) is 55.4 Å². The van der Waals surface area contributed by atoms with Crippen LogP contribution in [0.3, 0.4) is 0 Å². The minimum Gasteiger partial charge on any atom is -0.285 e. The summed E-state index contributed by atoms with van der Waals surface area (Å²) < 4.78 is 1.07. The lowest BCUT2D eigenvalue weighted by Gasteiger charge is -2.04. The van der Waals surface area contributed by atoms with Gasteiger partial charge < -0.3 is 0 Å². The maximum atomic E-state index is 11.6. The van der Waals surface area contributed by atoms with E-state index in [-0.39, 0.29) is 17.4 Å². The minimum atomic E-state index is -0.626. The van der Waals surface area contributed by atoms with E-state index in [2.05, 4.69) is 15.0 Å². The molecular weight excluding hydrogens is 318 g/mol. The summed E-state index contributed by atoms with van der Waals surface area (Å²) in [5.74, 6) is 0.291. The first-order valence-corrected chi connectivity index (χ1v) is 6.91. The summed E-state index contributed by atoms with van der Waals surface area (Å²) in [5, 5.41) is 13.6. The molecule has 0 aliphatic heterocycles. The van der Waals surface area contributed by atoms with Gasteiger partial charge in [0.15, 0.2) is 5.82 Å². The molecule has 0 aromatic carbocycles. The highest BCUT2D eigenvalue weighted by Gasteiger charge is 2.12. The molecule has 0 fully saturated rings. The summed E-state index contributed by atoms with van der Waals surface area (Å²) in [7, 11) is 0. The molecule has 3 heterocycles. The third-order valence-electron chi connectivity index (χ3n) is 2.69. The summed E-state index contributed by atoms with van der Waals surface area (Å²) in [4.78, 5) is 34.2. The van der Waals surface area contributed by atoms with Gasteiger partial charge in [-0.1, -0.05) is 11.6 Å². The van der Waals surface area contributed by atoms with Crippen LogP contribution in [-0.2, 0) is 6.54 Å². The van der Waals surface area contributed by atoms with Crippen molar-refractivity contribution in [3.8, 4) is 0 Å². The molecule has 0 unspecified atom stereocenters. The van der Waals surface area contributed by atoms with Gasteiger partial charge in [-0.25, -0.2) is 14.8 Å². The SMILES string of the molecule is O=c1ncc([N+](=O)[O-])cn1Cc1nc(Cl)c2ccsc2n1. The number of aromatic nitrogens is 4. The van der Waals surface area contributed by atoms with E-state index in [1.807, 2.05) is 5.38 Å². The van der Waals surface area contributed by atoms with Gasteiger partial charge in [-0.2, -0.15) is 4.98 Å². The smallest absolute Gasteiger partial charge is 0.285 e. The van der Waals surface area contributed by atoms with Crippen molar-refractivity contribution in [2.24, 2.45) is 0 Å². The van der Waals surface area contributed by atoms with E-state index in [4.69, 9.17) is 11.6 Å². The van der Waals surface area contributed by atoms with Crippen LogP contribution in [0.15, 0.2) is 28.6 Å². The normalized spacial score (nSPS) is 10.9. The van der Waals surface area contributed by atoms with E-state index in [1.165, 1.54) is 11.3 Å².